The Balaban J connectivity index is 1.80. The highest BCUT2D eigenvalue weighted by atomic mass is 16.3. The van der Waals surface area contributed by atoms with Gasteiger partial charge in [-0.05, 0) is 50.5 Å². The molecule has 4 nitrogen and oxygen atoms in total. The van der Waals surface area contributed by atoms with Crippen molar-refractivity contribution in [2.24, 2.45) is 0 Å². The first-order valence-electron chi connectivity index (χ1n) is 7.14. The van der Waals surface area contributed by atoms with Crippen LogP contribution in [-0.4, -0.2) is 39.6 Å². The molecule has 0 spiro atoms. The zero-order chi connectivity index (χ0) is 14.2. The van der Waals surface area contributed by atoms with E-state index in [9.17, 15) is 9.90 Å². The quantitative estimate of drug-likeness (QED) is 0.838. The number of carbonyl (C=O) groups excluding carboxylic acids is 1. The number of rotatable bonds is 1. The molecule has 2 N–H and O–H groups in total. The lowest BCUT2D eigenvalue weighted by Crippen LogP contribution is -2.33. The van der Waals surface area contributed by atoms with E-state index >= 15 is 0 Å². The van der Waals surface area contributed by atoms with Crippen molar-refractivity contribution >= 4 is 16.8 Å². The molecule has 1 atom stereocenters. The molecular formula is C16H20N2O2. The summed E-state index contributed by atoms with van der Waals surface area (Å²) in [5, 5.41) is 11.1. The monoisotopic (exact) mass is 272 g/mol. The highest BCUT2D eigenvalue weighted by Crippen LogP contribution is 2.23. The van der Waals surface area contributed by atoms with Gasteiger partial charge in [0.1, 0.15) is 0 Å². The van der Waals surface area contributed by atoms with Crippen molar-refractivity contribution < 1.29 is 9.90 Å². The maximum atomic E-state index is 12.6. The first kappa shape index (κ1) is 13.2. The summed E-state index contributed by atoms with van der Waals surface area (Å²) in [5.41, 5.74) is 1.12. The number of aromatic amines is 1. The molecule has 0 radical (unpaired) electrons. The largest absolute Gasteiger partial charge is 0.390 e. The van der Waals surface area contributed by atoms with Crippen LogP contribution in [0, 0.1) is 0 Å². The number of fused-ring (bicyclic) bond motifs is 1. The van der Waals surface area contributed by atoms with Gasteiger partial charge in [0.2, 0.25) is 0 Å². The minimum Gasteiger partial charge on any atom is -0.390 e. The van der Waals surface area contributed by atoms with Gasteiger partial charge in [-0.3, -0.25) is 4.79 Å². The Morgan fingerprint density at radius 1 is 1.30 bits per heavy atom. The summed E-state index contributed by atoms with van der Waals surface area (Å²) < 4.78 is 0. The van der Waals surface area contributed by atoms with E-state index in [2.05, 4.69) is 4.98 Å². The smallest absolute Gasteiger partial charge is 0.253 e. The van der Waals surface area contributed by atoms with E-state index in [0.29, 0.717) is 13.0 Å². The number of H-pyrrole nitrogens is 1. The topological polar surface area (TPSA) is 56.3 Å². The standard InChI is InChI=1S/C16H20N2O2/c1-16(20)6-2-9-18(10-7-16)15(19)13-3-4-14-12(11-13)5-8-17-14/h3-5,8,11,17,20H,2,6-7,9-10H2,1H3. The van der Waals surface area contributed by atoms with Crippen molar-refractivity contribution in [3.05, 3.63) is 36.0 Å². The maximum absolute atomic E-state index is 12.6. The minimum absolute atomic E-state index is 0.0609. The number of carbonyl (C=O) groups is 1. The van der Waals surface area contributed by atoms with E-state index in [4.69, 9.17) is 0 Å². The maximum Gasteiger partial charge on any atom is 0.253 e. The second-order valence-corrected chi connectivity index (χ2v) is 5.92. The molecule has 4 heteroatoms. The Kier molecular flexibility index (Phi) is 3.26. The number of aromatic nitrogens is 1. The van der Waals surface area contributed by atoms with Gasteiger partial charge in [-0.25, -0.2) is 0 Å². The van der Waals surface area contributed by atoms with Crippen molar-refractivity contribution in [3.8, 4) is 0 Å². The molecule has 1 aliphatic heterocycles. The molecule has 106 valence electrons. The normalized spacial score (nSPS) is 23.8. The van der Waals surface area contributed by atoms with Gasteiger partial charge < -0.3 is 15.0 Å². The van der Waals surface area contributed by atoms with E-state index in [1.165, 1.54) is 0 Å². The van der Waals surface area contributed by atoms with Crippen LogP contribution in [0.4, 0.5) is 0 Å². The second kappa shape index (κ2) is 4.94. The molecule has 0 aliphatic carbocycles. The fourth-order valence-corrected chi connectivity index (χ4v) is 2.84. The van der Waals surface area contributed by atoms with E-state index < -0.39 is 5.60 Å². The number of benzene rings is 1. The van der Waals surface area contributed by atoms with Crippen LogP contribution in [0.1, 0.15) is 36.5 Å². The lowest BCUT2D eigenvalue weighted by Gasteiger charge is -2.22. The number of hydrogen-bond donors (Lipinski definition) is 2. The third kappa shape index (κ3) is 2.56. The average Bonchev–Trinajstić information content (AvgIpc) is 2.81. The molecule has 2 aromatic rings. The summed E-state index contributed by atoms with van der Waals surface area (Å²) in [6, 6.07) is 7.71. The van der Waals surface area contributed by atoms with Gasteiger partial charge in [-0.1, -0.05) is 0 Å². The molecule has 1 aromatic heterocycles. The number of nitrogens with zero attached hydrogens (tertiary/aromatic N) is 1. The van der Waals surface area contributed by atoms with Crippen LogP contribution in [-0.2, 0) is 0 Å². The highest BCUT2D eigenvalue weighted by molar-refractivity contribution is 5.98. The number of hydrogen-bond acceptors (Lipinski definition) is 2. The molecule has 0 bridgehead atoms. The van der Waals surface area contributed by atoms with Crippen LogP contribution in [0.3, 0.4) is 0 Å². The van der Waals surface area contributed by atoms with E-state index in [-0.39, 0.29) is 5.91 Å². The van der Waals surface area contributed by atoms with Crippen LogP contribution in [0.15, 0.2) is 30.5 Å². The Morgan fingerprint density at radius 3 is 3.00 bits per heavy atom. The molecule has 1 aliphatic rings. The second-order valence-electron chi connectivity index (χ2n) is 5.92. The van der Waals surface area contributed by atoms with Crippen LogP contribution < -0.4 is 0 Å². The summed E-state index contributed by atoms with van der Waals surface area (Å²) in [6.07, 6.45) is 4.13. The average molecular weight is 272 g/mol. The predicted molar refractivity (Wildman–Crippen MR) is 78.7 cm³/mol. The predicted octanol–water partition coefficient (Wildman–Crippen LogP) is 2.55. The number of amides is 1. The SMILES string of the molecule is CC1(O)CCCN(C(=O)c2ccc3[nH]ccc3c2)CC1. The molecule has 1 saturated heterocycles. The van der Waals surface area contributed by atoms with Crippen molar-refractivity contribution in [1.82, 2.24) is 9.88 Å². The first-order valence-corrected chi connectivity index (χ1v) is 7.14. The molecule has 1 amide bonds. The zero-order valence-electron chi connectivity index (χ0n) is 11.7. The Bertz CT molecular complexity index is 630. The third-order valence-electron chi connectivity index (χ3n) is 4.15. The van der Waals surface area contributed by atoms with Crippen molar-refractivity contribution in [1.29, 1.82) is 0 Å². The molecule has 2 heterocycles. The number of nitrogens with one attached hydrogen (secondary N) is 1. The van der Waals surface area contributed by atoms with Crippen LogP contribution >= 0.6 is 0 Å². The number of aliphatic hydroxyl groups is 1. The van der Waals surface area contributed by atoms with Gasteiger partial charge in [0.25, 0.3) is 5.91 Å². The lowest BCUT2D eigenvalue weighted by molar-refractivity contribution is 0.0438. The lowest BCUT2D eigenvalue weighted by atomic mass is 9.98. The molecule has 0 saturated carbocycles. The Hall–Kier alpha value is -1.81. The number of likely N-dealkylation sites (tertiary alicyclic amines) is 1. The molecule has 3 rings (SSSR count). The van der Waals surface area contributed by atoms with Gasteiger partial charge in [0.05, 0.1) is 5.60 Å². The highest BCUT2D eigenvalue weighted by Gasteiger charge is 2.27. The Labute approximate surface area is 118 Å². The zero-order valence-corrected chi connectivity index (χ0v) is 11.7. The molecular weight excluding hydrogens is 252 g/mol. The van der Waals surface area contributed by atoms with Gasteiger partial charge in [-0.15, -0.1) is 0 Å². The van der Waals surface area contributed by atoms with Crippen molar-refractivity contribution in [2.75, 3.05) is 13.1 Å². The summed E-state index contributed by atoms with van der Waals surface area (Å²) in [6.45, 7) is 3.20. The fourth-order valence-electron chi connectivity index (χ4n) is 2.84. The van der Waals surface area contributed by atoms with Crippen molar-refractivity contribution in [3.63, 3.8) is 0 Å². The molecule has 1 aromatic carbocycles. The van der Waals surface area contributed by atoms with Crippen LogP contribution in [0.5, 0.6) is 0 Å². The van der Waals surface area contributed by atoms with Gasteiger partial charge in [0, 0.05) is 35.8 Å². The summed E-state index contributed by atoms with van der Waals surface area (Å²) in [7, 11) is 0. The molecule has 1 fully saturated rings. The van der Waals surface area contributed by atoms with Crippen LogP contribution in [0.2, 0.25) is 0 Å². The third-order valence-corrected chi connectivity index (χ3v) is 4.15. The van der Waals surface area contributed by atoms with Crippen LogP contribution in [0.25, 0.3) is 10.9 Å². The first-order chi connectivity index (χ1) is 9.55. The fraction of sp³-hybridized carbons (Fsp3) is 0.438. The van der Waals surface area contributed by atoms with Gasteiger partial charge in [0.15, 0.2) is 0 Å². The van der Waals surface area contributed by atoms with E-state index in [0.717, 1.165) is 35.9 Å². The summed E-state index contributed by atoms with van der Waals surface area (Å²) >= 11 is 0. The summed E-state index contributed by atoms with van der Waals surface area (Å²) in [5.74, 6) is 0.0609. The van der Waals surface area contributed by atoms with Gasteiger partial charge in [-0.2, -0.15) is 0 Å². The van der Waals surface area contributed by atoms with E-state index in [1.54, 1.807) is 0 Å². The van der Waals surface area contributed by atoms with Crippen molar-refractivity contribution in [2.45, 2.75) is 31.8 Å². The van der Waals surface area contributed by atoms with E-state index in [1.807, 2.05) is 42.3 Å². The Morgan fingerprint density at radius 2 is 2.15 bits per heavy atom. The summed E-state index contributed by atoms with van der Waals surface area (Å²) in [4.78, 5) is 17.5. The van der Waals surface area contributed by atoms with Gasteiger partial charge >= 0.3 is 0 Å². The molecule has 1 unspecified atom stereocenters. The minimum atomic E-state index is -0.639. The molecule has 20 heavy (non-hydrogen) atoms.